The Balaban J connectivity index is 1.78. The minimum absolute atomic E-state index is 0.186. The van der Waals surface area contributed by atoms with E-state index in [0.717, 1.165) is 3.57 Å². The van der Waals surface area contributed by atoms with E-state index in [0.29, 0.717) is 16.3 Å². The van der Waals surface area contributed by atoms with Crippen LogP contribution in [0.3, 0.4) is 0 Å². The molecule has 3 N–H and O–H groups in total. The first-order chi connectivity index (χ1) is 16.5. The molecule has 0 radical (unpaired) electrons. The summed E-state index contributed by atoms with van der Waals surface area (Å²) in [5, 5.41) is 13.3. The molecule has 12 heteroatoms. The van der Waals surface area contributed by atoms with Crippen LogP contribution in [0.5, 0.6) is 0 Å². The number of hydrogen-bond acceptors (Lipinski definition) is 4. The highest BCUT2D eigenvalue weighted by Crippen LogP contribution is 2.42. The molecule has 0 spiro atoms. The average molecular weight is 684 g/mol. The van der Waals surface area contributed by atoms with Crippen molar-refractivity contribution in [2.45, 2.75) is 17.1 Å². The third-order valence-corrected chi connectivity index (χ3v) is 8.21. The minimum atomic E-state index is -1.49. The maximum atomic E-state index is 13.0. The van der Waals surface area contributed by atoms with E-state index < -0.39 is 33.3 Å². The number of benzene rings is 3. The van der Waals surface area contributed by atoms with Crippen LogP contribution in [0, 0.1) is 3.57 Å². The van der Waals surface area contributed by atoms with Gasteiger partial charge in [0.1, 0.15) is 0 Å². The van der Waals surface area contributed by atoms with Crippen LogP contribution >= 0.6 is 80.8 Å². The van der Waals surface area contributed by atoms with Gasteiger partial charge in [-0.3, -0.25) is 9.59 Å². The Labute approximate surface area is 238 Å². The molecule has 0 aliphatic rings. The second-order valence-corrected chi connectivity index (χ2v) is 11.2. The standard InChI is InChI=1S/C23H15Cl4IN2O4S/c1-10(21(31)29-12-7-5-11(28)6-8-12)35-14-4-2-3-13(9-14)30-22(32)15-16(23(33)34)18(25)20(27)19(26)17(15)24/h2-10H,1H3,(H,29,31)(H,30,32)(H,33,34). The molecule has 0 heterocycles. The number of amides is 2. The van der Waals surface area contributed by atoms with E-state index in [1.165, 1.54) is 11.8 Å². The second kappa shape index (κ2) is 12.0. The quantitative estimate of drug-likeness (QED) is 0.102. The number of anilines is 2. The molecule has 0 saturated carbocycles. The second-order valence-electron chi connectivity index (χ2n) is 7.05. The van der Waals surface area contributed by atoms with Gasteiger partial charge >= 0.3 is 5.97 Å². The zero-order valence-corrected chi connectivity index (χ0v) is 23.7. The van der Waals surface area contributed by atoms with Crippen LogP contribution in [0.4, 0.5) is 11.4 Å². The number of aromatic carboxylic acids is 1. The highest BCUT2D eigenvalue weighted by atomic mass is 127. The molecular formula is C23H15Cl4IN2O4S. The normalized spacial score (nSPS) is 11.6. The predicted octanol–water partition coefficient (Wildman–Crippen LogP) is 7.97. The van der Waals surface area contributed by atoms with E-state index in [-0.39, 0.29) is 21.0 Å². The largest absolute Gasteiger partial charge is 0.478 e. The van der Waals surface area contributed by atoms with Gasteiger partial charge in [-0.05, 0) is 72.0 Å². The van der Waals surface area contributed by atoms with Crippen LogP contribution in [0.25, 0.3) is 0 Å². The lowest BCUT2D eigenvalue weighted by molar-refractivity contribution is -0.115. The first-order valence-electron chi connectivity index (χ1n) is 9.73. The topological polar surface area (TPSA) is 95.5 Å². The third kappa shape index (κ3) is 6.75. The first kappa shape index (κ1) is 27.9. The van der Waals surface area contributed by atoms with Gasteiger partial charge in [0.2, 0.25) is 5.91 Å². The van der Waals surface area contributed by atoms with Crippen molar-refractivity contribution in [2.24, 2.45) is 0 Å². The third-order valence-electron chi connectivity index (χ3n) is 4.59. The van der Waals surface area contributed by atoms with Crippen molar-refractivity contribution in [1.29, 1.82) is 0 Å². The van der Waals surface area contributed by atoms with Crippen LogP contribution < -0.4 is 10.6 Å². The molecular weight excluding hydrogens is 669 g/mol. The molecule has 2 amide bonds. The number of halogens is 5. The van der Waals surface area contributed by atoms with Crippen molar-refractivity contribution in [3.05, 3.63) is 83.3 Å². The monoisotopic (exact) mass is 682 g/mol. The van der Waals surface area contributed by atoms with Gasteiger partial charge in [0.25, 0.3) is 5.91 Å². The van der Waals surface area contributed by atoms with Crippen LogP contribution in [-0.2, 0) is 4.79 Å². The van der Waals surface area contributed by atoms with Crippen LogP contribution in [0.2, 0.25) is 20.1 Å². The Morgan fingerprint density at radius 2 is 1.46 bits per heavy atom. The minimum Gasteiger partial charge on any atom is -0.478 e. The van der Waals surface area contributed by atoms with Gasteiger partial charge in [0.05, 0.1) is 36.5 Å². The molecule has 0 aromatic heterocycles. The van der Waals surface area contributed by atoms with E-state index in [4.69, 9.17) is 46.4 Å². The number of carbonyl (C=O) groups excluding carboxylic acids is 2. The van der Waals surface area contributed by atoms with Crippen molar-refractivity contribution in [1.82, 2.24) is 0 Å². The average Bonchev–Trinajstić information content (AvgIpc) is 2.81. The summed E-state index contributed by atoms with van der Waals surface area (Å²) in [7, 11) is 0. The van der Waals surface area contributed by atoms with Crippen molar-refractivity contribution < 1.29 is 19.5 Å². The maximum absolute atomic E-state index is 13.0. The Hall–Kier alpha value is -1.69. The zero-order valence-electron chi connectivity index (χ0n) is 17.7. The fraction of sp³-hybridized carbons (Fsp3) is 0.0870. The van der Waals surface area contributed by atoms with E-state index in [1.807, 2.05) is 24.3 Å². The van der Waals surface area contributed by atoms with E-state index >= 15 is 0 Å². The fourth-order valence-electron chi connectivity index (χ4n) is 2.92. The molecule has 0 fully saturated rings. The molecule has 6 nitrogen and oxygen atoms in total. The number of carboxylic acid groups (broad SMARTS) is 1. The predicted molar refractivity (Wildman–Crippen MR) is 151 cm³/mol. The molecule has 0 aliphatic carbocycles. The molecule has 1 unspecified atom stereocenters. The first-order valence-corrected chi connectivity index (χ1v) is 13.2. The van der Waals surface area contributed by atoms with Crippen molar-refractivity contribution >= 4 is 110 Å². The van der Waals surface area contributed by atoms with E-state index in [2.05, 4.69) is 33.2 Å². The van der Waals surface area contributed by atoms with E-state index in [9.17, 15) is 19.5 Å². The summed E-state index contributed by atoms with van der Waals surface area (Å²) < 4.78 is 1.06. The SMILES string of the molecule is CC(Sc1cccc(NC(=O)c2c(Cl)c(Cl)c(Cl)c(Cl)c2C(=O)O)c1)C(=O)Nc1ccc(I)cc1. The molecule has 3 rings (SSSR count). The van der Waals surface area contributed by atoms with Gasteiger partial charge in [-0.25, -0.2) is 4.79 Å². The van der Waals surface area contributed by atoms with Crippen molar-refractivity contribution in [3.8, 4) is 0 Å². The van der Waals surface area contributed by atoms with Gasteiger partial charge in [0, 0.05) is 19.8 Å². The van der Waals surface area contributed by atoms with E-state index in [1.54, 1.807) is 31.2 Å². The Kier molecular flexibility index (Phi) is 9.59. The number of hydrogen-bond donors (Lipinski definition) is 3. The molecule has 182 valence electrons. The smallest absolute Gasteiger partial charge is 0.338 e. The highest BCUT2D eigenvalue weighted by molar-refractivity contribution is 14.1. The lowest BCUT2D eigenvalue weighted by Crippen LogP contribution is -2.22. The summed E-state index contributed by atoms with van der Waals surface area (Å²) in [4.78, 5) is 38.0. The van der Waals surface area contributed by atoms with Gasteiger partial charge in [-0.2, -0.15) is 0 Å². The van der Waals surface area contributed by atoms with Gasteiger partial charge in [0.15, 0.2) is 0 Å². The van der Waals surface area contributed by atoms with Crippen LogP contribution in [-0.4, -0.2) is 28.1 Å². The number of carbonyl (C=O) groups is 3. The lowest BCUT2D eigenvalue weighted by atomic mass is 10.1. The fourth-order valence-corrected chi connectivity index (χ4v) is 5.23. The van der Waals surface area contributed by atoms with Gasteiger partial charge in [-0.1, -0.05) is 52.5 Å². The molecule has 3 aromatic rings. The Bertz CT molecular complexity index is 1320. The molecule has 0 bridgehead atoms. The lowest BCUT2D eigenvalue weighted by Gasteiger charge is -2.15. The molecule has 0 aliphatic heterocycles. The molecule has 3 aromatic carbocycles. The summed E-state index contributed by atoms with van der Waals surface area (Å²) in [6.07, 6.45) is 0. The summed E-state index contributed by atoms with van der Waals surface area (Å²) in [5.41, 5.74) is 0.0620. The summed E-state index contributed by atoms with van der Waals surface area (Å²) >= 11 is 27.6. The number of nitrogens with one attached hydrogen (secondary N) is 2. The highest BCUT2D eigenvalue weighted by Gasteiger charge is 2.29. The van der Waals surface area contributed by atoms with Crippen LogP contribution in [0.1, 0.15) is 27.6 Å². The summed E-state index contributed by atoms with van der Waals surface area (Å²) in [6, 6.07) is 14.1. The Morgan fingerprint density at radius 3 is 2.06 bits per heavy atom. The zero-order chi connectivity index (χ0) is 25.9. The number of carboxylic acids is 1. The Morgan fingerprint density at radius 1 is 0.857 bits per heavy atom. The van der Waals surface area contributed by atoms with Crippen LogP contribution in [0.15, 0.2) is 53.4 Å². The molecule has 35 heavy (non-hydrogen) atoms. The maximum Gasteiger partial charge on any atom is 0.338 e. The van der Waals surface area contributed by atoms with Gasteiger partial charge < -0.3 is 15.7 Å². The summed E-state index contributed by atoms with van der Waals surface area (Å²) in [5.74, 6) is -2.51. The van der Waals surface area contributed by atoms with Gasteiger partial charge in [-0.15, -0.1) is 11.8 Å². The number of rotatable bonds is 7. The van der Waals surface area contributed by atoms with Crippen molar-refractivity contribution in [3.63, 3.8) is 0 Å². The molecule has 0 saturated heterocycles. The molecule has 1 atom stereocenters. The number of thioether (sulfide) groups is 1. The summed E-state index contributed by atoms with van der Waals surface area (Å²) in [6.45, 7) is 1.76. The van der Waals surface area contributed by atoms with Crippen molar-refractivity contribution in [2.75, 3.05) is 10.6 Å².